The van der Waals surface area contributed by atoms with E-state index in [0.29, 0.717) is 24.3 Å². The fourth-order valence-electron chi connectivity index (χ4n) is 4.43. The van der Waals surface area contributed by atoms with Crippen molar-refractivity contribution in [3.8, 4) is 0 Å². The van der Waals surface area contributed by atoms with E-state index >= 15 is 0 Å². The Kier molecular flexibility index (Phi) is 8.36. The lowest BCUT2D eigenvalue weighted by atomic mass is 10.0. The Morgan fingerprint density at radius 1 is 1.08 bits per heavy atom. The highest BCUT2D eigenvalue weighted by molar-refractivity contribution is 7.89. The number of nitrogens with two attached hydrogens (primary N) is 1. The predicted octanol–water partition coefficient (Wildman–Crippen LogP) is 2.87. The summed E-state index contributed by atoms with van der Waals surface area (Å²) in [4.78, 5) is 16.2. The van der Waals surface area contributed by atoms with Crippen molar-refractivity contribution in [3.05, 3.63) is 89.2 Å². The van der Waals surface area contributed by atoms with E-state index in [1.807, 2.05) is 25.1 Å². The van der Waals surface area contributed by atoms with E-state index in [9.17, 15) is 23.4 Å². The number of fused-ring (bicyclic) bond motifs is 1. The lowest BCUT2D eigenvalue weighted by Crippen LogP contribution is -2.32. The number of aliphatic hydroxyl groups excluding tert-OH is 1. The number of carboxylic acids is 1. The third-order valence-corrected chi connectivity index (χ3v) is 8.45. The van der Waals surface area contributed by atoms with E-state index in [1.54, 1.807) is 41.1 Å². The monoisotopic (exact) mass is 551 g/mol. The maximum atomic E-state index is 12.4. The van der Waals surface area contributed by atoms with Crippen LogP contribution in [0.4, 0.5) is 5.82 Å². The molecule has 0 fully saturated rings. The van der Waals surface area contributed by atoms with Gasteiger partial charge in [-0.2, -0.15) is 0 Å². The van der Waals surface area contributed by atoms with E-state index in [4.69, 9.17) is 5.73 Å². The van der Waals surface area contributed by atoms with Gasteiger partial charge in [0.05, 0.1) is 11.0 Å². The first kappa shape index (κ1) is 28.2. The van der Waals surface area contributed by atoms with Crippen molar-refractivity contribution in [2.75, 3.05) is 26.4 Å². The van der Waals surface area contributed by atoms with Crippen LogP contribution in [0.3, 0.4) is 0 Å². The standard InChI is InChI=1S/C28H33N5O5S/c1-18(30-16-26(34)21-7-11-27(29)31-15-21)12-20-6-10-24-22(13-20)14-25(28(35)36)33(24)17-19-4-8-23(9-5-19)39(37,38)32(2)3/h4-11,13-15,18,26,30,34H,12,16-17H2,1-3H3,(H2,29,31)(H,35,36). The van der Waals surface area contributed by atoms with Crippen molar-refractivity contribution in [3.63, 3.8) is 0 Å². The number of sulfonamides is 1. The summed E-state index contributed by atoms with van der Waals surface area (Å²) in [5.41, 5.74) is 9.02. The Balaban J connectivity index is 1.48. The highest BCUT2D eigenvalue weighted by atomic mass is 32.2. The largest absolute Gasteiger partial charge is 0.477 e. The molecule has 2 atom stereocenters. The van der Waals surface area contributed by atoms with Gasteiger partial charge in [-0.15, -0.1) is 0 Å². The average molecular weight is 552 g/mol. The first-order valence-electron chi connectivity index (χ1n) is 12.5. The smallest absolute Gasteiger partial charge is 0.352 e. The van der Waals surface area contributed by atoms with E-state index in [-0.39, 0.29) is 23.2 Å². The van der Waals surface area contributed by atoms with Gasteiger partial charge in [-0.25, -0.2) is 22.5 Å². The Bertz CT molecular complexity index is 1560. The molecular formula is C28H33N5O5S. The number of aromatic nitrogens is 2. The maximum absolute atomic E-state index is 12.4. The molecule has 2 unspecified atom stereocenters. The highest BCUT2D eigenvalue weighted by Gasteiger charge is 2.19. The molecule has 4 aromatic rings. The minimum absolute atomic E-state index is 0.0526. The summed E-state index contributed by atoms with van der Waals surface area (Å²) in [6.07, 6.45) is 1.52. The lowest BCUT2D eigenvalue weighted by molar-refractivity contribution is 0.0686. The molecule has 2 aromatic heterocycles. The van der Waals surface area contributed by atoms with Gasteiger partial charge >= 0.3 is 5.97 Å². The highest BCUT2D eigenvalue weighted by Crippen LogP contribution is 2.24. The fourth-order valence-corrected chi connectivity index (χ4v) is 5.33. The molecule has 2 heterocycles. The molecule has 39 heavy (non-hydrogen) atoms. The molecule has 4 rings (SSSR count). The van der Waals surface area contributed by atoms with Crippen LogP contribution in [-0.2, 0) is 23.0 Å². The SMILES string of the molecule is CC(Cc1ccc2c(c1)cc(C(=O)O)n2Cc1ccc(S(=O)(=O)N(C)C)cc1)NCC(O)c1ccc(N)nc1. The second-order valence-corrected chi connectivity index (χ2v) is 11.9. The van der Waals surface area contributed by atoms with Crippen molar-refractivity contribution < 1.29 is 23.4 Å². The molecule has 5 N–H and O–H groups in total. The molecule has 0 bridgehead atoms. The van der Waals surface area contributed by atoms with Gasteiger partial charge in [0.2, 0.25) is 10.0 Å². The van der Waals surface area contributed by atoms with Crippen molar-refractivity contribution in [1.82, 2.24) is 19.2 Å². The summed E-state index contributed by atoms with van der Waals surface area (Å²) in [5, 5.41) is 24.4. The predicted molar refractivity (Wildman–Crippen MR) is 150 cm³/mol. The summed E-state index contributed by atoms with van der Waals surface area (Å²) >= 11 is 0. The number of carbonyl (C=O) groups is 1. The van der Waals surface area contributed by atoms with Crippen molar-refractivity contribution in [2.45, 2.75) is 36.9 Å². The lowest BCUT2D eigenvalue weighted by Gasteiger charge is -2.17. The maximum Gasteiger partial charge on any atom is 0.352 e. The molecule has 0 spiro atoms. The quantitative estimate of drug-likeness (QED) is 0.222. The van der Waals surface area contributed by atoms with Crippen LogP contribution in [0.5, 0.6) is 0 Å². The van der Waals surface area contributed by atoms with Crippen molar-refractivity contribution in [2.24, 2.45) is 0 Å². The van der Waals surface area contributed by atoms with Crippen molar-refractivity contribution >= 4 is 32.7 Å². The van der Waals surface area contributed by atoms with Gasteiger partial charge in [0, 0.05) is 55.9 Å². The summed E-state index contributed by atoms with van der Waals surface area (Å²) in [7, 11) is -0.597. The Labute approximate surface area is 227 Å². The number of aromatic carboxylic acids is 1. The molecule has 10 nitrogen and oxygen atoms in total. The first-order valence-corrected chi connectivity index (χ1v) is 13.9. The van der Waals surface area contributed by atoms with Gasteiger partial charge in [-0.3, -0.25) is 0 Å². The van der Waals surface area contributed by atoms with Gasteiger partial charge in [0.15, 0.2) is 0 Å². The van der Waals surface area contributed by atoms with Crippen LogP contribution in [0, 0.1) is 0 Å². The average Bonchev–Trinajstić information content (AvgIpc) is 3.25. The number of anilines is 1. The summed E-state index contributed by atoms with van der Waals surface area (Å²) in [6.45, 7) is 2.65. The van der Waals surface area contributed by atoms with Crippen LogP contribution in [-0.4, -0.2) is 65.1 Å². The molecule has 206 valence electrons. The van der Waals surface area contributed by atoms with E-state index in [2.05, 4.69) is 10.3 Å². The topological polar surface area (TPSA) is 151 Å². The van der Waals surface area contributed by atoms with E-state index in [1.165, 1.54) is 26.2 Å². The molecule has 0 saturated carbocycles. The number of hydrogen-bond acceptors (Lipinski definition) is 7. The number of hydrogen-bond donors (Lipinski definition) is 4. The first-order chi connectivity index (χ1) is 18.5. The Hall–Kier alpha value is -3.77. The number of rotatable bonds is 11. The molecule has 0 radical (unpaired) electrons. The number of nitrogen functional groups attached to an aromatic ring is 1. The van der Waals surface area contributed by atoms with Gasteiger partial charge in [-0.05, 0) is 60.9 Å². The molecule has 0 aliphatic heterocycles. The molecular weight excluding hydrogens is 518 g/mol. The molecule has 0 aliphatic carbocycles. The molecule has 0 amide bonds. The van der Waals surface area contributed by atoms with E-state index in [0.717, 1.165) is 26.3 Å². The normalized spacial score (nSPS) is 13.6. The molecule has 0 aliphatic rings. The minimum Gasteiger partial charge on any atom is -0.477 e. The Morgan fingerprint density at radius 3 is 2.38 bits per heavy atom. The van der Waals surface area contributed by atoms with Crippen LogP contribution in [0.2, 0.25) is 0 Å². The van der Waals surface area contributed by atoms with Crippen LogP contribution in [0.25, 0.3) is 10.9 Å². The van der Waals surface area contributed by atoms with Gasteiger partial charge in [0.25, 0.3) is 0 Å². The molecule has 11 heteroatoms. The zero-order valence-corrected chi connectivity index (χ0v) is 22.9. The third kappa shape index (κ3) is 6.45. The summed E-state index contributed by atoms with van der Waals surface area (Å²) in [6, 6.07) is 17.4. The minimum atomic E-state index is -3.55. The molecule has 2 aromatic carbocycles. The second-order valence-electron chi connectivity index (χ2n) is 9.79. The number of pyridine rings is 1. The fraction of sp³-hybridized carbons (Fsp3) is 0.286. The van der Waals surface area contributed by atoms with Gasteiger partial charge in [0.1, 0.15) is 11.5 Å². The van der Waals surface area contributed by atoms with Crippen LogP contribution < -0.4 is 11.1 Å². The van der Waals surface area contributed by atoms with E-state index < -0.39 is 22.1 Å². The Morgan fingerprint density at radius 2 is 1.77 bits per heavy atom. The van der Waals surface area contributed by atoms with Gasteiger partial charge in [-0.1, -0.05) is 24.3 Å². The number of carboxylic acid groups (broad SMARTS) is 1. The number of nitrogens with zero attached hydrogens (tertiary/aromatic N) is 3. The summed E-state index contributed by atoms with van der Waals surface area (Å²) in [5.74, 6) is -0.642. The van der Waals surface area contributed by atoms with Gasteiger partial charge < -0.3 is 25.8 Å². The van der Waals surface area contributed by atoms with Crippen LogP contribution in [0.15, 0.2) is 71.8 Å². The molecule has 0 saturated heterocycles. The number of aliphatic hydroxyl groups is 1. The van der Waals surface area contributed by atoms with Crippen LogP contribution >= 0.6 is 0 Å². The van der Waals surface area contributed by atoms with Crippen LogP contribution in [0.1, 0.15) is 40.2 Å². The zero-order chi connectivity index (χ0) is 28.3. The second kappa shape index (κ2) is 11.5. The third-order valence-electron chi connectivity index (χ3n) is 6.62. The zero-order valence-electron chi connectivity index (χ0n) is 22.1. The van der Waals surface area contributed by atoms with Crippen molar-refractivity contribution in [1.29, 1.82) is 0 Å². The summed E-state index contributed by atoms with van der Waals surface area (Å²) < 4.78 is 27.6. The number of benzene rings is 2. The number of nitrogens with one attached hydrogen (secondary N) is 1.